The van der Waals surface area contributed by atoms with Crippen molar-refractivity contribution in [1.29, 1.82) is 0 Å². The fourth-order valence-corrected chi connectivity index (χ4v) is 2.12. The van der Waals surface area contributed by atoms with Crippen molar-refractivity contribution in [2.45, 2.75) is 25.7 Å². The summed E-state index contributed by atoms with van der Waals surface area (Å²) in [6.45, 7) is -0.0607. The SMILES string of the molecule is O=CN(O)CC(CCC1CC1)C(=O)n1ccc(F)c1. The zero-order valence-electron chi connectivity index (χ0n) is 10.5. The van der Waals surface area contributed by atoms with E-state index >= 15 is 0 Å². The van der Waals surface area contributed by atoms with Gasteiger partial charge in [-0.1, -0.05) is 12.8 Å². The van der Waals surface area contributed by atoms with Gasteiger partial charge in [-0.2, -0.15) is 0 Å². The number of carbonyl (C=O) groups is 2. The van der Waals surface area contributed by atoms with Gasteiger partial charge in [-0.05, 0) is 24.8 Å². The van der Waals surface area contributed by atoms with Crippen molar-refractivity contribution in [3.8, 4) is 0 Å². The first-order valence-electron chi connectivity index (χ1n) is 6.38. The van der Waals surface area contributed by atoms with E-state index in [4.69, 9.17) is 0 Å². The average Bonchev–Trinajstić information content (AvgIpc) is 3.13. The molecule has 6 heteroatoms. The summed E-state index contributed by atoms with van der Waals surface area (Å²) in [5, 5.41) is 9.71. The van der Waals surface area contributed by atoms with Crippen LogP contribution in [0.3, 0.4) is 0 Å². The van der Waals surface area contributed by atoms with Gasteiger partial charge in [0.15, 0.2) is 0 Å². The smallest absolute Gasteiger partial charge is 0.235 e. The van der Waals surface area contributed by atoms with Crippen LogP contribution in [-0.4, -0.2) is 33.7 Å². The molecule has 1 unspecified atom stereocenters. The summed E-state index contributed by atoms with van der Waals surface area (Å²) in [6, 6.07) is 1.20. The molecule has 1 atom stereocenters. The van der Waals surface area contributed by atoms with Crippen LogP contribution in [-0.2, 0) is 4.79 Å². The van der Waals surface area contributed by atoms with Gasteiger partial charge in [0, 0.05) is 12.4 Å². The lowest BCUT2D eigenvalue weighted by Crippen LogP contribution is -2.32. The minimum atomic E-state index is -0.511. The third-order valence-corrected chi connectivity index (χ3v) is 3.41. The lowest BCUT2D eigenvalue weighted by atomic mass is 10.00. The van der Waals surface area contributed by atoms with Gasteiger partial charge >= 0.3 is 0 Å². The Balaban J connectivity index is 2.01. The molecule has 2 rings (SSSR count). The second-order valence-corrected chi connectivity index (χ2v) is 5.02. The van der Waals surface area contributed by atoms with Crippen LogP contribution in [0.5, 0.6) is 0 Å². The summed E-state index contributed by atoms with van der Waals surface area (Å²) >= 11 is 0. The highest BCUT2D eigenvalue weighted by Crippen LogP contribution is 2.35. The minimum Gasteiger partial charge on any atom is -0.291 e. The van der Waals surface area contributed by atoms with E-state index in [0.29, 0.717) is 17.4 Å². The van der Waals surface area contributed by atoms with Gasteiger partial charge in [0.1, 0.15) is 5.82 Å². The number of hydroxylamine groups is 2. The molecule has 0 radical (unpaired) electrons. The molecule has 1 aromatic rings. The van der Waals surface area contributed by atoms with Crippen molar-refractivity contribution in [2.75, 3.05) is 6.54 Å². The molecule has 0 spiro atoms. The normalized spacial score (nSPS) is 16.1. The van der Waals surface area contributed by atoms with Gasteiger partial charge in [0.05, 0.1) is 12.5 Å². The number of hydrogen-bond acceptors (Lipinski definition) is 3. The maximum atomic E-state index is 12.9. The van der Waals surface area contributed by atoms with Crippen molar-refractivity contribution in [2.24, 2.45) is 11.8 Å². The highest BCUT2D eigenvalue weighted by atomic mass is 19.1. The highest BCUT2D eigenvalue weighted by molar-refractivity contribution is 5.81. The van der Waals surface area contributed by atoms with Gasteiger partial charge in [-0.3, -0.25) is 19.4 Å². The largest absolute Gasteiger partial charge is 0.291 e. The molecule has 0 saturated heterocycles. The Labute approximate surface area is 110 Å². The molecule has 19 heavy (non-hydrogen) atoms. The second-order valence-electron chi connectivity index (χ2n) is 5.02. The molecule has 1 fully saturated rings. The molecule has 1 aliphatic carbocycles. The first-order valence-corrected chi connectivity index (χ1v) is 6.38. The number of aromatic nitrogens is 1. The molecule has 1 aromatic heterocycles. The fraction of sp³-hybridized carbons (Fsp3) is 0.538. The number of rotatable bonds is 7. The van der Waals surface area contributed by atoms with E-state index in [1.54, 1.807) is 0 Å². The van der Waals surface area contributed by atoms with Gasteiger partial charge in [-0.25, -0.2) is 9.45 Å². The standard InChI is InChI=1S/C13H17FN2O3/c14-12-5-6-15(8-12)13(18)11(7-16(19)9-17)4-3-10-1-2-10/h5-6,8-11,19H,1-4,7H2. The molecule has 0 aromatic carbocycles. The third kappa shape index (κ3) is 3.89. The maximum Gasteiger partial charge on any atom is 0.235 e. The number of nitrogens with zero attached hydrogens (tertiary/aromatic N) is 2. The van der Waals surface area contributed by atoms with Crippen LogP contribution < -0.4 is 0 Å². The second kappa shape index (κ2) is 5.97. The van der Waals surface area contributed by atoms with Crippen molar-refractivity contribution in [3.05, 3.63) is 24.3 Å². The molecule has 1 heterocycles. The summed E-state index contributed by atoms with van der Waals surface area (Å²) in [5.41, 5.74) is 0. The van der Waals surface area contributed by atoms with E-state index in [1.165, 1.54) is 29.7 Å². The number of hydrogen-bond donors (Lipinski definition) is 1. The fourth-order valence-electron chi connectivity index (χ4n) is 2.12. The van der Waals surface area contributed by atoms with Crippen LogP contribution in [0.1, 0.15) is 30.5 Å². The van der Waals surface area contributed by atoms with E-state index in [-0.39, 0.29) is 18.9 Å². The predicted molar refractivity (Wildman–Crippen MR) is 65.0 cm³/mol. The van der Waals surface area contributed by atoms with Crippen LogP contribution in [0.2, 0.25) is 0 Å². The zero-order chi connectivity index (χ0) is 13.8. The Morgan fingerprint density at radius 1 is 1.63 bits per heavy atom. The Morgan fingerprint density at radius 3 is 2.89 bits per heavy atom. The predicted octanol–water partition coefficient (Wildman–Crippen LogP) is 1.92. The van der Waals surface area contributed by atoms with Gasteiger partial charge in [-0.15, -0.1) is 0 Å². The number of amides is 1. The first-order chi connectivity index (χ1) is 9.10. The molecular weight excluding hydrogens is 251 g/mol. The van der Waals surface area contributed by atoms with Crippen molar-refractivity contribution in [1.82, 2.24) is 9.63 Å². The minimum absolute atomic E-state index is 0.0607. The summed E-state index contributed by atoms with van der Waals surface area (Å²) in [6.07, 6.45) is 6.57. The van der Waals surface area contributed by atoms with Crippen LogP contribution in [0.15, 0.2) is 18.5 Å². The summed E-state index contributed by atoms with van der Waals surface area (Å²) < 4.78 is 14.1. The van der Waals surface area contributed by atoms with E-state index in [9.17, 15) is 19.2 Å². The monoisotopic (exact) mass is 268 g/mol. The summed E-state index contributed by atoms with van der Waals surface area (Å²) in [7, 11) is 0. The number of halogens is 1. The Hall–Kier alpha value is -1.69. The maximum absolute atomic E-state index is 12.9. The van der Waals surface area contributed by atoms with E-state index in [2.05, 4.69) is 0 Å². The van der Waals surface area contributed by atoms with Gasteiger partial charge < -0.3 is 0 Å². The summed E-state index contributed by atoms with van der Waals surface area (Å²) in [5.74, 6) is -0.640. The molecule has 5 nitrogen and oxygen atoms in total. The van der Waals surface area contributed by atoms with Crippen LogP contribution in [0.4, 0.5) is 4.39 Å². The molecule has 104 valence electrons. The quantitative estimate of drug-likeness (QED) is 0.467. The first kappa shape index (κ1) is 13.7. The van der Waals surface area contributed by atoms with Gasteiger partial charge in [0.2, 0.25) is 12.3 Å². The lowest BCUT2D eigenvalue weighted by Gasteiger charge is -2.19. The van der Waals surface area contributed by atoms with Crippen molar-refractivity contribution < 1.29 is 19.2 Å². The van der Waals surface area contributed by atoms with Crippen molar-refractivity contribution in [3.63, 3.8) is 0 Å². The Bertz CT molecular complexity index is 456. The van der Waals surface area contributed by atoms with Gasteiger partial charge in [0.25, 0.3) is 0 Å². The molecule has 1 saturated carbocycles. The lowest BCUT2D eigenvalue weighted by molar-refractivity contribution is -0.151. The Kier molecular flexibility index (Phi) is 4.31. The van der Waals surface area contributed by atoms with Crippen molar-refractivity contribution >= 4 is 12.3 Å². The van der Waals surface area contributed by atoms with Crippen LogP contribution >= 0.6 is 0 Å². The number of carbonyl (C=O) groups excluding carboxylic acids is 2. The topological polar surface area (TPSA) is 62.5 Å². The third-order valence-electron chi connectivity index (χ3n) is 3.41. The van der Waals surface area contributed by atoms with Crippen LogP contribution in [0, 0.1) is 17.7 Å². The average molecular weight is 268 g/mol. The zero-order valence-corrected chi connectivity index (χ0v) is 10.5. The molecular formula is C13H17FN2O3. The Morgan fingerprint density at radius 2 is 2.37 bits per heavy atom. The highest BCUT2D eigenvalue weighted by Gasteiger charge is 2.27. The van der Waals surface area contributed by atoms with E-state index in [1.807, 2.05) is 0 Å². The summed E-state index contributed by atoms with van der Waals surface area (Å²) in [4.78, 5) is 22.6. The molecule has 0 aliphatic heterocycles. The molecule has 1 amide bonds. The van der Waals surface area contributed by atoms with E-state index < -0.39 is 11.7 Å². The van der Waals surface area contributed by atoms with E-state index in [0.717, 1.165) is 12.6 Å². The molecule has 1 aliphatic rings. The molecule has 0 bridgehead atoms. The molecule has 1 N–H and O–H groups in total. The van der Waals surface area contributed by atoms with Crippen LogP contribution in [0.25, 0.3) is 0 Å².